The Morgan fingerprint density at radius 3 is 2.64 bits per heavy atom. The van der Waals surface area contributed by atoms with Gasteiger partial charge in [-0.05, 0) is 24.1 Å². The quantitative estimate of drug-likeness (QED) is 0.878. The number of para-hydroxylation sites is 1. The molecule has 1 saturated heterocycles. The minimum Gasteiger partial charge on any atom is -0.493 e. The normalized spacial score (nSPS) is 17.3. The molecule has 1 unspecified atom stereocenters. The van der Waals surface area contributed by atoms with Crippen molar-refractivity contribution in [1.82, 2.24) is 10.2 Å². The second-order valence-corrected chi connectivity index (χ2v) is 6.22. The van der Waals surface area contributed by atoms with Crippen molar-refractivity contribution in [2.24, 2.45) is 0 Å². The second-order valence-electron chi connectivity index (χ2n) is 6.22. The first-order valence-electron chi connectivity index (χ1n) is 8.49. The molecule has 1 N–H and O–H groups in total. The fourth-order valence-electron chi connectivity index (χ4n) is 3.26. The molecule has 5 nitrogen and oxygen atoms in total. The van der Waals surface area contributed by atoms with Crippen LogP contribution < -0.4 is 14.8 Å². The predicted octanol–water partition coefficient (Wildman–Crippen LogP) is 2.71. The van der Waals surface area contributed by atoms with Crippen molar-refractivity contribution in [2.45, 2.75) is 19.0 Å². The van der Waals surface area contributed by atoms with E-state index in [0.29, 0.717) is 17.1 Å². The number of nitrogens with one attached hydrogen (secondary N) is 1. The summed E-state index contributed by atoms with van der Waals surface area (Å²) in [6.07, 6.45) is 0.949. The Kier molecular flexibility index (Phi) is 5.56. The molecule has 1 atom stereocenters. The Balaban J connectivity index is 1.61. The summed E-state index contributed by atoms with van der Waals surface area (Å²) in [5.74, 6) is 0.913. The number of benzene rings is 2. The van der Waals surface area contributed by atoms with E-state index in [1.807, 2.05) is 6.07 Å². The van der Waals surface area contributed by atoms with Gasteiger partial charge in [0.2, 0.25) is 0 Å². The lowest BCUT2D eigenvalue weighted by molar-refractivity contribution is 0.0934. The molecule has 0 bridgehead atoms. The van der Waals surface area contributed by atoms with Gasteiger partial charge in [0, 0.05) is 25.7 Å². The van der Waals surface area contributed by atoms with Crippen molar-refractivity contribution in [2.75, 3.05) is 27.3 Å². The van der Waals surface area contributed by atoms with Crippen molar-refractivity contribution in [3.05, 3.63) is 59.7 Å². The summed E-state index contributed by atoms with van der Waals surface area (Å²) in [5, 5.41) is 3.12. The van der Waals surface area contributed by atoms with Gasteiger partial charge in [0.25, 0.3) is 5.91 Å². The predicted molar refractivity (Wildman–Crippen MR) is 97.1 cm³/mol. The molecule has 0 spiro atoms. The van der Waals surface area contributed by atoms with Crippen LogP contribution in [0.3, 0.4) is 0 Å². The van der Waals surface area contributed by atoms with Crippen LogP contribution in [0.2, 0.25) is 0 Å². The maximum Gasteiger partial charge on any atom is 0.255 e. The van der Waals surface area contributed by atoms with Crippen LogP contribution in [0.15, 0.2) is 48.5 Å². The smallest absolute Gasteiger partial charge is 0.255 e. The summed E-state index contributed by atoms with van der Waals surface area (Å²) < 4.78 is 10.6. The maximum absolute atomic E-state index is 12.6. The van der Waals surface area contributed by atoms with Crippen LogP contribution in [0.1, 0.15) is 22.3 Å². The van der Waals surface area contributed by atoms with E-state index in [1.54, 1.807) is 32.4 Å². The third-order valence-corrected chi connectivity index (χ3v) is 4.50. The molecule has 1 amide bonds. The summed E-state index contributed by atoms with van der Waals surface area (Å²) in [7, 11) is 3.11. The first-order chi connectivity index (χ1) is 12.2. The van der Waals surface area contributed by atoms with E-state index >= 15 is 0 Å². The largest absolute Gasteiger partial charge is 0.493 e. The van der Waals surface area contributed by atoms with Crippen molar-refractivity contribution in [3.63, 3.8) is 0 Å². The fraction of sp³-hybridized carbons (Fsp3) is 0.350. The van der Waals surface area contributed by atoms with Gasteiger partial charge < -0.3 is 14.8 Å². The minimum absolute atomic E-state index is 0.123. The molecule has 0 saturated carbocycles. The number of nitrogens with zero attached hydrogens (tertiary/aromatic N) is 1. The Morgan fingerprint density at radius 2 is 1.92 bits per heavy atom. The van der Waals surface area contributed by atoms with Crippen molar-refractivity contribution < 1.29 is 14.3 Å². The van der Waals surface area contributed by atoms with Gasteiger partial charge in [-0.1, -0.05) is 36.4 Å². The molecular formula is C20H24N2O3. The van der Waals surface area contributed by atoms with Gasteiger partial charge in [0.05, 0.1) is 19.8 Å². The Hall–Kier alpha value is -2.53. The van der Waals surface area contributed by atoms with E-state index in [2.05, 4.69) is 34.5 Å². The van der Waals surface area contributed by atoms with E-state index in [-0.39, 0.29) is 11.9 Å². The van der Waals surface area contributed by atoms with Gasteiger partial charge in [-0.15, -0.1) is 0 Å². The summed E-state index contributed by atoms with van der Waals surface area (Å²) in [5.41, 5.74) is 1.80. The molecule has 1 aliphatic heterocycles. The molecule has 0 aliphatic carbocycles. The number of rotatable bonds is 6. The summed E-state index contributed by atoms with van der Waals surface area (Å²) in [4.78, 5) is 15.0. The van der Waals surface area contributed by atoms with Crippen LogP contribution in [-0.2, 0) is 6.54 Å². The Labute approximate surface area is 148 Å². The molecule has 25 heavy (non-hydrogen) atoms. The van der Waals surface area contributed by atoms with Crippen LogP contribution >= 0.6 is 0 Å². The zero-order chi connectivity index (χ0) is 17.6. The highest BCUT2D eigenvalue weighted by molar-refractivity contribution is 5.98. The lowest BCUT2D eigenvalue weighted by atomic mass is 10.1. The molecule has 5 heteroatoms. The topological polar surface area (TPSA) is 50.8 Å². The van der Waals surface area contributed by atoms with Crippen LogP contribution in [0.25, 0.3) is 0 Å². The fourth-order valence-corrected chi connectivity index (χ4v) is 3.26. The molecule has 2 aromatic rings. The van der Waals surface area contributed by atoms with Gasteiger partial charge >= 0.3 is 0 Å². The SMILES string of the molecule is COc1cccc(C(=O)NC2CCN(Cc3ccccc3)C2)c1OC. The standard InChI is InChI=1S/C20H24N2O3/c1-24-18-10-6-9-17(19(18)25-2)20(23)21-16-11-12-22(14-16)13-15-7-4-3-5-8-15/h3-10,16H,11-14H2,1-2H3,(H,21,23). The van der Waals surface area contributed by atoms with E-state index in [0.717, 1.165) is 26.1 Å². The first-order valence-corrected chi connectivity index (χ1v) is 8.49. The van der Waals surface area contributed by atoms with Gasteiger partial charge in [0.1, 0.15) is 0 Å². The number of amides is 1. The lowest BCUT2D eigenvalue weighted by Gasteiger charge is -2.18. The van der Waals surface area contributed by atoms with Crippen LogP contribution in [0, 0.1) is 0 Å². The van der Waals surface area contributed by atoms with Gasteiger partial charge in [-0.2, -0.15) is 0 Å². The Morgan fingerprint density at radius 1 is 1.12 bits per heavy atom. The van der Waals surface area contributed by atoms with Gasteiger partial charge in [0.15, 0.2) is 11.5 Å². The van der Waals surface area contributed by atoms with Gasteiger partial charge in [-0.3, -0.25) is 9.69 Å². The molecule has 1 fully saturated rings. The number of ether oxygens (including phenoxy) is 2. The Bertz CT molecular complexity index is 718. The maximum atomic E-state index is 12.6. The zero-order valence-electron chi connectivity index (χ0n) is 14.7. The molecular weight excluding hydrogens is 316 g/mol. The van der Waals surface area contributed by atoms with Gasteiger partial charge in [-0.25, -0.2) is 0 Å². The highest BCUT2D eigenvalue weighted by Gasteiger charge is 2.25. The number of hydrogen-bond donors (Lipinski definition) is 1. The third kappa shape index (κ3) is 4.12. The minimum atomic E-state index is -0.123. The van der Waals surface area contributed by atoms with Crippen LogP contribution in [-0.4, -0.2) is 44.2 Å². The van der Waals surface area contributed by atoms with Crippen molar-refractivity contribution in [3.8, 4) is 11.5 Å². The molecule has 3 rings (SSSR count). The summed E-state index contributed by atoms with van der Waals surface area (Å²) in [6.45, 7) is 2.75. The number of likely N-dealkylation sites (tertiary alicyclic amines) is 1. The molecule has 1 heterocycles. The lowest BCUT2D eigenvalue weighted by Crippen LogP contribution is -2.37. The summed E-state index contributed by atoms with van der Waals surface area (Å²) in [6, 6.07) is 15.9. The van der Waals surface area contributed by atoms with Crippen LogP contribution in [0.5, 0.6) is 11.5 Å². The van der Waals surface area contributed by atoms with Crippen molar-refractivity contribution in [1.29, 1.82) is 0 Å². The second kappa shape index (κ2) is 8.03. The first kappa shape index (κ1) is 17.3. The third-order valence-electron chi connectivity index (χ3n) is 4.50. The molecule has 1 aliphatic rings. The average molecular weight is 340 g/mol. The number of carbonyl (C=O) groups is 1. The molecule has 0 radical (unpaired) electrons. The van der Waals surface area contributed by atoms with Crippen LogP contribution in [0.4, 0.5) is 0 Å². The highest BCUT2D eigenvalue weighted by Crippen LogP contribution is 2.30. The van der Waals surface area contributed by atoms with E-state index < -0.39 is 0 Å². The van der Waals surface area contributed by atoms with E-state index in [1.165, 1.54) is 5.56 Å². The number of hydrogen-bond acceptors (Lipinski definition) is 4. The number of methoxy groups -OCH3 is 2. The zero-order valence-corrected chi connectivity index (χ0v) is 14.7. The van der Waals surface area contributed by atoms with E-state index in [4.69, 9.17) is 9.47 Å². The van der Waals surface area contributed by atoms with Crippen molar-refractivity contribution >= 4 is 5.91 Å². The molecule has 2 aromatic carbocycles. The monoisotopic (exact) mass is 340 g/mol. The molecule has 132 valence electrons. The number of carbonyl (C=O) groups excluding carboxylic acids is 1. The average Bonchev–Trinajstić information content (AvgIpc) is 3.08. The highest BCUT2D eigenvalue weighted by atomic mass is 16.5. The van der Waals surface area contributed by atoms with E-state index in [9.17, 15) is 4.79 Å². The molecule has 0 aromatic heterocycles. The summed E-state index contributed by atoms with van der Waals surface area (Å²) >= 11 is 0.